The maximum atomic E-state index is 13.0. The van der Waals surface area contributed by atoms with Crippen LogP contribution in [-0.4, -0.2) is 24.2 Å². The van der Waals surface area contributed by atoms with Crippen molar-refractivity contribution in [3.8, 4) is 12.3 Å². The molecule has 1 N–H and O–H groups in total. The molecule has 0 unspecified atom stereocenters. The Morgan fingerprint density at radius 1 is 1.56 bits per heavy atom. The largest absolute Gasteiger partial charge is 0.481 e. The maximum absolute atomic E-state index is 13.0. The molecule has 0 heterocycles. The van der Waals surface area contributed by atoms with Crippen LogP contribution in [0.1, 0.15) is 6.42 Å². The zero-order valence-corrected chi connectivity index (χ0v) is 8.69. The van der Waals surface area contributed by atoms with E-state index in [1.54, 1.807) is 17.0 Å². The lowest BCUT2D eigenvalue weighted by atomic mass is 10.2. The van der Waals surface area contributed by atoms with E-state index < -0.39 is 5.97 Å². The van der Waals surface area contributed by atoms with Gasteiger partial charge in [0.2, 0.25) is 0 Å². The lowest BCUT2D eigenvalue weighted by Crippen LogP contribution is -2.26. The number of anilines is 1. The summed E-state index contributed by atoms with van der Waals surface area (Å²) in [5.74, 6) is 1.15. The van der Waals surface area contributed by atoms with Gasteiger partial charge in [-0.05, 0) is 18.2 Å². The number of aliphatic carboxylic acids is 1. The Morgan fingerprint density at radius 3 is 2.88 bits per heavy atom. The summed E-state index contributed by atoms with van der Waals surface area (Å²) >= 11 is 0. The third-order valence-electron chi connectivity index (χ3n) is 2.05. The topological polar surface area (TPSA) is 40.5 Å². The predicted octanol–water partition coefficient (Wildman–Crippen LogP) is 1.74. The van der Waals surface area contributed by atoms with E-state index in [4.69, 9.17) is 11.5 Å². The average Bonchev–Trinajstić information content (AvgIpc) is 2.24. The van der Waals surface area contributed by atoms with Crippen molar-refractivity contribution in [1.82, 2.24) is 0 Å². The highest BCUT2D eigenvalue weighted by Crippen LogP contribution is 2.15. The predicted molar refractivity (Wildman–Crippen MR) is 59.7 cm³/mol. The highest BCUT2D eigenvalue weighted by atomic mass is 19.1. The van der Waals surface area contributed by atoms with Crippen LogP contribution < -0.4 is 4.90 Å². The molecule has 1 aromatic rings. The van der Waals surface area contributed by atoms with Crippen molar-refractivity contribution in [3.05, 3.63) is 30.1 Å². The molecule has 1 rings (SSSR count). The number of hydrogen-bond acceptors (Lipinski definition) is 2. The summed E-state index contributed by atoms with van der Waals surface area (Å²) in [7, 11) is 0. The molecule has 0 aromatic heterocycles. The Morgan fingerprint density at radius 2 is 2.31 bits per heavy atom. The van der Waals surface area contributed by atoms with Gasteiger partial charge in [0, 0.05) is 12.2 Å². The molecule has 3 nitrogen and oxygen atoms in total. The Labute approximate surface area is 93.5 Å². The van der Waals surface area contributed by atoms with E-state index in [9.17, 15) is 9.18 Å². The molecule has 0 aliphatic heterocycles. The van der Waals surface area contributed by atoms with Gasteiger partial charge in [0.1, 0.15) is 5.82 Å². The van der Waals surface area contributed by atoms with Gasteiger partial charge in [0.15, 0.2) is 0 Å². The van der Waals surface area contributed by atoms with Crippen molar-refractivity contribution in [1.29, 1.82) is 0 Å². The van der Waals surface area contributed by atoms with Crippen LogP contribution in [0.3, 0.4) is 0 Å². The minimum Gasteiger partial charge on any atom is -0.481 e. The molecule has 0 aliphatic rings. The summed E-state index contributed by atoms with van der Waals surface area (Å²) in [6.07, 6.45) is 5.15. The summed E-state index contributed by atoms with van der Waals surface area (Å²) < 4.78 is 13.0. The first kappa shape index (κ1) is 12.1. The van der Waals surface area contributed by atoms with Crippen molar-refractivity contribution in [2.45, 2.75) is 6.42 Å². The van der Waals surface area contributed by atoms with Gasteiger partial charge >= 0.3 is 5.97 Å². The SMILES string of the molecule is C#CCN(CCC(=O)O)c1cccc(F)c1. The van der Waals surface area contributed by atoms with Crippen LogP contribution in [0.4, 0.5) is 10.1 Å². The van der Waals surface area contributed by atoms with E-state index in [-0.39, 0.29) is 25.3 Å². The summed E-state index contributed by atoms with van der Waals surface area (Å²) in [6.45, 7) is 0.528. The highest BCUT2D eigenvalue weighted by Gasteiger charge is 2.07. The monoisotopic (exact) mass is 221 g/mol. The first-order valence-electron chi connectivity index (χ1n) is 4.79. The second kappa shape index (κ2) is 5.76. The van der Waals surface area contributed by atoms with Gasteiger partial charge in [0.25, 0.3) is 0 Å². The zero-order chi connectivity index (χ0) is 12.0. The van der Waals surface area contributed by atoms with Crippen LogP contribution in [0.2, 0.25) is 0 Å². The van der Waals surface area contributed by atoms with Crippen LogP contribution in [0.5, 0.6) is 0 Å². The molecular weight excluding hydrogens is 209 g/mol. The first-order chi connectivity index (χ1) is 7.63. The Balaban J connectivity index is 2.77. The summed E-state index contributed by atoms with van der Waals surface area (Å²) in [4.78, 5) is 12.1. The van der Waals surface area contributed by atoms with Gasteiger partial charge in [-0.25, -0.2) is 4.39 Å². The molecule has 0 saturated carbocycles. The van der Waals surface area contributed by atoms with Crippen molar-refractivity contribution in [3.63, 3.8) is 0 Å². The third kappa shape index (κ3) is 3.62. The van der Waals surface area contributed by atoms with E-state index in [1.807, 2.05) is 0 Å². The normalized spacial score (nSPS) is 9.50. The van der Waals surface area contributed by atoms with Gasteiger partial charge in [-0.3, -0.25) is 4.79 Å². The standard InChI is InChI=1S/C12H12FNO2/c1-2-7-14(8-6-12(15)16)11-5-3-4-10(13)9-11/h1,3-5,9H,6-8H2,(H,15,16). The van der Waals surface area contributed by atoms with Crippen LogP contribution in [0.15, 0.2) is 24.3 Å². The number of benzene rings is 1. The smallest absolute Gasteiger partial charge is 0.305 e. The molecule has 16 heavy (non-hydrogen) atoms. The van der Waals surface area contributed by atoms with E-state index in [0.29, 0.717) is 5.69 Å². The molecule has 4 heteroatoms. The molecule has 0 amide bonds. The minimum atomic E-state index is -0.904. The number of halogens is 1. The average molecular weight is 221 g/mol. The number of hydrogen-bond donors (Lipinski definition) is 1. The molecule has 0 bridgehead atoms. The van der Waals surface area contributed by atoms with E-state index in [0.717, 1.165) is 0 Å². The second-order valence-corrected chi connectivity index (χ2v) is 3.25. The first-order valence-corrected chi connectivity index (χ1v) is 4.79. The number of carboxylic acid groups (broad SMARTS) is 1. The molecule has 0 saturated heterocycles. The van der Waals surface area contributed by atoms with E-state index >= 15 is 0 Å². The Kier molecular flexibility index (Phi) is 4.34. The quantitative estimate of drug-likeness (QED) is 0.770. The fourth-order valence-electron chi connectivity index (χ4n) is 1.31. The van der Waals surface area contributed by atoms with E-state index in [2.05, 4.69) is 5.92 Å². The van der Waals surface area contributed by atoms with Gasteiger partial charge in [0.05, 0.1) is 13.0 Å². The number of terminal acetylenes is 1. The van der Waals surface area contributed by atoms with Gasteiger partial charge in [-0.15, -0.1) is 6.42 Å². The molecule has 84 valence electrons. The second-order valence-electron chi connectivity index (χ2n) is 3.25. The summed E-state index contributed by atoms with van der Waals surface area (Å²) in [5, 5.41) is 8.58. The van der Waals surface area contributed by atoms with Gasteiger partial charge in [-0.1, -0.05) is 12.0 Å². The molecule has 0 spiro atoms. The van der Waals surface area contributed by atoms with Gasteiger partial charge in [-0.2, -0.15) is 0 Å². The Bertz CT molecular complexity index is 412. The molecular formula is C12H12FNO2. The van der Waals surface area contributed by atoms with Crippen LogP contribution in [-0.2, 0) is 4.79 Å². The fraction of sp³-hybridized carbons (Fsp3) is 0.250. The molecule has 0 fully saturated rings. The maximum Gasteiger partial charge on any atom is 0.305 e. The van der Waals surface area contributed by atoms with Crippen LogP contribution >= 0.6 is 0 Å². The van der Waals surface area contributed by atoms with Crippen molar-refractivity contribution < 1.29 is 14.3 Å². The van der Waals surface area contributed by atoms with Crippen LogP contribution in [0.25, 0.3) is 0 Å². The fourth-order valence-corrected chi connectivity index (χ4v) is 1.31. The molecule has 0 radical (unpaired) electrons. The lowest BCUT2D eigenvalue weighted by molar-refractivity contribution is -0.136. The summed E-state index contributed by atoms with van der Waals surface area (Å²) in [5.41, 5.74) is 0.596. The Hall–Kier alpha value is -2.02. The number of rotatable bonds is 5. The lowest BCUT2D eigenvalue weighted by Gasteiger charge is -2.21. The molecule has 0 aliphatic carbocycles. The number of carbonyl (C=O) groups is 1. The van der Waals surface area contributed by atoms with Crippen molar-refractivity contribution in [2.24, 2.45) is 0 Å². The van der Waals surface area contributed by atoms with Gasteiger partial charge < -0.3 is 10.0 Å². The zero-order valence-electron chi connectivity index (χ0n) is 8.69. The van der Waals surface area contributed by atoms with Crippen molar-refractivity contribution >= 4 is 11.7 Å². The molecule has 0 atom stereocenters. The van der Waals surface area contributed by atoms with E-state index in [1.165, 1.54) is 12.1 Å². The molecule has 1 aromatic carbocycles. The highest BCUT2D eigenvalue weighted by molar-refractivity contribution is 5.67. The number of carboxylic acids is 1. The summed E-state index contributed by atoms with van der Waals surface area (Å²) in [6, 6.07) is 5.92. The van der Waals surface area contributed by atoms with Crippen molar-refractivity contribution in [2.75, 3.05) is 18.0 Å². The third-order valence-corrected chi connectivity index (χ3v) is 2.05. The number of nitrogens with zero attached hydrogens (tertiary/aromatic N) is 1. The minimum absolute atomic E-state index is 0.0296. The van der Waals surface area contributed by atoms with Crippen LogP contribution in [0, 0.1) is 18.2 Å².